The number of hydrogen-bond donors (Lipinski definition) is 1. The first-order chi connectivity index (χ1) is 8.66. The predicted octanol–water partition coefficient (Wildman–Crippen LogP) is 2.43. The second-order valence-corrected chi connectivity index (χ2v) is 6.23. The van der Waals surface area contributed by atoms with E-state index in [-0.39, 0.29) is 17.4 Å². The molecule has 0 fully saturated rings. The molecular formula is C12H12F3NO2S. The Labute approximate surface area is 108 Å². The summed E-state index contributed by atoms with van der Waals surface area (Å²) in [5, 5.41) is 1.01. The Bertz CT molecular complexity index is 647. The zero-order chi connectivity index (χ0) is 14.4. The van der Waals surface area contributed by atoms with Gasteiger partial charge < -0.3 is 5.73 Å². The fourth-order valence-electron chi connectivity index (χ4n) is 1.98. The van der Waals surface area contributed by atoms with Gasteiger partial charge in [-0.1, -0.05) is 13.0 Å². The van der Waals surface area contributed by atoms with Crippen molar-refractivity contribution in [3.05, 3.63) is 34.7 Å². The molecule has 7 heteroatoms. The predicted molar refractivity (Wildman–Crippen MR) is 64.8 cm³/mol. The van der Waals surface area contributed by atoms with Crippen LogP contribution in [0.15, 0.2) is 28.5 Å². The summed E-state index contributed by atoms with van der Waals surface area (Å²) in [6, 6.07) is 2.76. The molecule has 104 valence electrons. The molecule has 19 heavy (non-hydrogen) atoms. The average Bonchev–Trinajstić information content (AvgIpc) is 2.59. The van der Waals surface area contributed by atoms with Crippen LogP contribution >= 0.6 is 0 Å². The number of hydrogen-bond acceptors (Lipinski definition) is 3. The van der Waals surface area contributed by atoms with Crippen molar-refractivity contribution >= 4 is 15.4 Å². The molecule has 2 rings (SSSR count). The Morgan fingerprint density at radius 2 is 1.95 bits per heavy atom. The average molecular weight is 291 g/mol. The van der Waals surface area contributed by atoms with Crippen LogP contribution in [0.5, 0.6) is 0 Å². The van der Waals surface area contributed by atoms with Crippen LogP contribution in [0.3, 0.4) is 0 Å². The van der Waals surface area contributed by atoms with Crippen molar-refractivity contribution in [2.45, 2.75) is 18.0 Å². The third kappa shape index (κ3) is 2.40. The number of halogens is 3. The first-order valence-corrected chi connectivity index (χ1v) is 7.10. The molecule has 1 aromatic rings. The molecule has 1 unspecified atom stereocenters. The lowest BCUT2D eigenvalue weighted by Gasteiger charge is -2.12. The molecule has 3 nitrogen and oxygen atoms in total. The van der Waals surface area contributed by atoms with Crippen molar-refractivity contribution in [3.8, 4) is 0 Å². The molecule has 1 aliphatic heterocycles. The highest BCUT2D eigenvalue weighted by molar-refractivity contribution is 7.95. The highest BCUT2D eigenvalue weighted by atomic mass is 32.2. The van der Waals surface area contributed by atoms with Gasteiger partial charge in [-0.15, -0.1) is 0 Å². The van der Waals surface area contributed by atoms with Gasteiger partial charge in [-0.25, -0.2) is 8.42 Å². The number of rotatable bonds is 2. The Morgan fingerprint density at radius 1 is 1.32 bits per heavy atom. The van der Waals surface area contributed by atoms with E-state index in [0.717, 1.165) is 11.5 Å². The summed E-state index contributed by atoms with van der Waals surface area (Å²) >= 11 is 0. The van der Waals surface area contributed by atoms with Gasteiger partial charge in [0, 0.05) is 5.41 Å². The van der Waals surface area contributed by atoms with Crippen LogP contribution < -0.4 is 5.73 Å². The van der Waals surface area contributed by atoms with Crippen LogP contribution in [0.25, 0.3) is 5.57 Å². The molecule has 2 N–H and O–H groups in total. The zero-order valence-corrected chi connectivity index (χ0v) is 10.8. The van der Waals surface area contributed by atoms with E-state index in [1.54, 1.807) is 6.92 Å². The molecule has 0 aliphatic carbocycles. The third-order valence-electron chi connectivity index (χ3n) is 3.09. The molecule has 1 heterocycles. The Balaban J connectivity index is 2.62. The summed E-state index contributed by atoms with van der Waals surface area (Å²) in [4.78, 5) is -0.294. The molecule has 1 atom stereocenters. The summed E-state index contributed by atoms with van der Waals surface area (Å²) in [5.41, 5.74) is 5.29. The van der Waals surface area contributed by atoms with E-state index in [0.29, 0.717) is 17.2 Å². The fourth-order valence-corrected chi connectivity index (χ4v) is 3.58. The van der Waals surface area contributed by atoms with Gasteiger partial charge in [0.15, 0.2) is 0 Å². The van der Waals surface area contributed by atoms with E-state index in [2.05, 4.69) is 0 Å². The topological polar surface area (TPSA) is 60.2 Å². The first kappa shape index (κ1) is 14.1. The SMILES string of the molecule is CC(CN)C1=CS(=O)(=O)c2cc(C(F)(F)F)ccc21. The first-order valence-electron chi connectivity index (χ1n) is 5.55. The van der Waals surface area contributed by atoms with Crippen LogP contribution in [0.2, 0.25) is 0 Å². The van der Waals surface area contributed by atoms with Gasteiger partial charge in [0.1, 0.15) is 0 Å². The van der Waals surface area contributed by atoms with E-state index in [1.165, 1.54) is 6.07 Å². The monoisotopic (exact) mass is 291 g/mol. The molecule has 1 aliphatic rings. The quantitative estimate of drug-likeness (QED) is 0.910. The van der Waals surface area contributed by atoms with Crippen molar-refractivity contribution in [2.75, 3.05) is 6.54 Å². The summed E-state index contributed by atoms with van der Waals surface area (Å²) in [7, 11) is -3.81. The molecule has 0 radical (unpaired) electrons. The number of benzene rings is 1. The molecule has 0 aromatic heterocycles. The van der Waals surface area contributed by atoms with Crippen LogP contribution in [-0.4, -0.2) is 15.0 Å². The maximum Gasteiger partial charge on any atom is 0.416 e. The second-order valence-electron chi connectivity index (χ2n) is 4.46. The van der Waals surface area contributed by atoms with Crippen molar-refractivity contribution in [1.29, 1.82) is 0 Å². The molecule has 0 saturated carbocycles. The van der Waals surface area contributed by atoms with E-state index in [1.807, 2.05) is 0 Å². The lowest BCUT2D eigenvalue weighted by Crippen LogP contribution is -2.12. The van der Waals surface area contributed by atoms with Gasteiger partial charge in [-0.2, -0.15) is 13.2 Å². The van der Waals surface area contributed by atoms with Crippen molar-refractivity contribution < 1.29 is 21.6 Å². The van der Waals surface area contributed by atoms with Crippen molar-refractivity contribution in [2.24, 2.45) is 11.7 Å². The third-order valence-corrected chi connectivity index (χ3v) is 4.61. The smallest absolute Gasteiger partial charge is 0.330 e. The van der Waals surface area contributed by atoms with E-state index >= 15 is 0 Å². The van der Waals surface area contributed by atoms with Crippen LogP contribution in [-0.2, 0) is 16.0 Å². The number of alkyl halides is 3. The minimum Gasteiger partial charge on any atom is -0.330 e. The maximum absolute atomic E-state index is 12.6. The van der Waals surface area contributed by atoms with Gasteiger partial charge in [-0.3, -0.25) is 0 Å². The highest BCUT2D eigenvalue weighted by Gasteiger charge is 2.35. The van der Waals surface area contributed by atoms with E-state index in [9.17, 15) is 21.6 Å². The van der Waals surface area contributed by atoms with E-state index < -0.39 is 21.6 Å². The molecular weight excluding hydrogens is 279 g/mol. The largest absolute Gasteiger partial charge is 0.416 e. The lowest BCUT2D eigenvalue weighted by atomic mass is 9.95. The molecule has 0 saturated heterocycles. The minimum atomic E-state index is -4.56. The number of nitrogens with two attached hydrogens (primary N) is 1. The second kappa shape index (κ2) is 4.35. The molecule has 0 amide bonds. The Kier molecular flexibility index (Phi) is 3.22. The van der Waals surface area contributed by atoms with Gasteiger partial charge >= 0.3 is 6.18 Å². The standard InChI is InChI=1S/C12H12F3NO2S/c1-7(5-16)10-6-19(17,18)11-4-8(12(13,14)15)2-3-9(10)11/h2-4,6-7H,5,16H2,1H3. The summed E-state index contributed by atoms with van der Waals surface area (Å²) in [6.45, 7) is 1.95. The fraction of sp³-hybridized carbons (Fsp3) is 0.333. The van der Waals surface area contributed by atoms with Crippen LogP contribution in [0.1, 0.15) is 18.1 Å². The summed E-state index contributed by atoms with van der Waals surface area (Å²) in [6.07, 6.45) is -4.56. The van der Waals surface area contributed by atoms with Gasteiger partial charge in [0.05, 0.1) is 10.5 Å². The number of fused-ring (bicyclic) bond motifs is 1. The summed E-state index contributed by atoms with van der Waals surface area (Å²) < 4.78 is 61.6. The van der Waals surface area contributed by atoms with Crippen LogP contribution in [0.4, 0.5) is 13.2 Å². The Hall–Kier alpha value is -1.34. The number of sulfone groups is 1. The van der Waals surface area contributed by atoms with Crippen LogP contribution in [0, 0.1) is 5.92 Å². The zero-order valence-electron chi connectivity index (χ0n) is 10.0. The van der Waals surface area contributed by atoms with Crippen molar-refractivity contribution in [3.63, 3.8) is 0 Å². The maximum atomic E-state index is 12.6. The summed E-state index contributed by atoms with van der Waals surface area (Å²) in [5.74, 6) is -0.229. The lowest BCUT2D eigenvalue weighted by molar-refractivity contribution is -0.137. The van der Waals surface area contributed by atoms with E-state index in [4.69, 9.17) is 5.73 Å². The van der Waals surface area contributed by atoms with Gasteiger partial charge in [0.2, 0.25) is 9.84 Å². The molecule has 0 bridgehead atoms. The van der Waals surface area contributed by atoms with Gasteiger partial charge in [0.25, 0.3) is 0 Å². The normalized spacial score (nSPS) is 18.9. The minimum absolute atomic E-state index is 0.224. The Morgan fingerprint density at radius 3 is 2.47 bits per heavy atom. The van der Waals surface area contributed by atoms with Gasteiger partial charge in [-0.05, 0) is 35.7 Å². The highest BCUT2D eigenvalue weighted by Crippen LogP contribution is 2.40. The van der Waals surface area contributed by atoms with Crippen molar-refractivity contribution in [1.82, 2.24) is 0 Å². The molecule has 0 spiro atoms. The molecule has 1 aromatic carbocycles.